The molecule has 7 heteroatoms. The minimum Gasteiger partial charge on any atom is -0.351 e. The maximum atomic E-state index is 13.6. The molecule has 1 aromatic carbocycles. The van der Waals surface area contributed by atoms with E-state index in [1.165, 1.54) is 0 Å². The third kappa shape index (κ3) is 4.96. The molecule has 0 atom stereocenters. The minimum atomic E-state index is -1.61. The number of carbonyl (C=O) groups excluding carboxylic acids is 2. The summed E-state index contributed by atoms with van der Waals surface area (Å²) < 4.78 is 39.8. The number of hydrogen-bond acceptors (Lipinski definition) is 2. The molecule has 0 bridgehead atoms. The van der Waals surface area contributed by atoms with Gasteiger partial charge in [0.25, 0.3) is 0 Å². The smallest absolute Gasteiger partial charge is 0.227 e. The molecule has 25 heavy (non-hydrogen) atoms. The monoisotopic (exact) mass is 356 g/mol. The maximum absolute atomic E-state index is 13.6. The van der Waals surface area contributed by atoms with Gasteiger partial charge in [-0.3, -0.25) is 9.59 Å². The first-order valence-corrected chi connectivity index (χ1v) is 8.35. The second-order valence-electron chi connectivity index (χ2n) is 7.50. The lowest BCUT2D eigenvalue weighted by Crippen LogP contribution is -2.45. The second-order valence-corrected chi connectivity index (χ2v) is 7.50. The normalized spacial score (nSPS) is 20.9. The van der Waals surface area contributed by atoms with Crippen molar-refractivity contribution >= 4 is 17.5 Å². The Labute approximate surface area is 145 Å². The van der Waals surface area contributed by atoms with E-state index < -0.39 is 23.4 Å². The fraction of sp³-hybridized carbons (Fsp3) is 0.556. The molecule has 2 N–H and O–H groups in total. The van der Waals surface area contributed by atoms with Gasteiger partial charge >= 0.3 is 0 Å². The van der Waals surface area contributed by atoms with E-state index in [2.05, 4.69) is 10.6 Å². The summed E-state index contributed by atoms with van der Waals surface area (Å²) >= 11 is 0. The van der Waals surface area contributed by atoms with E-state index in [0.29, 0.717) is 25.7 Å². The molecule has 0 unspecified atom stereocenters. The molecule has 0 aromatic heterocycles. The fourth-order valence-electron chi connectivity index (χ4n) is 2.95. The number of halogens is 3. The largest absolute Gasteiger partial charge is 0.351 e. The van der Waals surface area contributed by atoms with Gasteiger partial charge in [0.15, 0.2) is 17.5 Å². The molecule has 138 valence electrons. The average Bonchev–Trinajstić information content (AvgIpc) is 2.54. The van der Waals surface area contributed by atoms with Crippen LogP contribution < -0.4 is 10.6 Å². The van der Waals surface area contributed by atoms with E-state index in [1.807, 2.05) is 20.8 Å². The van der Waals surface area contributed by atoms with Crippen LogP contribution in [0.4, 0.5) is 18.9 Å². The van der Waals surface area contributed by atoms with Gasteiger partial charge in [-0.15, -0.1) is 0 Å². The van der Waals surface area contributed by atoms with E-state index in [-0.39, 0.29) is 29.0 Å². The van der Waals surface area contributed by atoms with Gasteiger partial charge in [0.1, 0.15) is 0 Å². The molecule has 0 heterocycles. The van der Waals surface area contributed by atoms with Gasteiger partial charge in [-0.05, 0) is 58.6 Å². The molecule has 0 radical (unpaired) electrons. The first-order chi connectivity index (χ1) is 11.6. The van der Waals surface area contributed by atoms with Crippen molar-refractivity contribution in [1.82, 2.24) is 5.32 Å². The quantitative estimate of drug-likeness (QED) is 0.810. The Bertz CT molecular complexity index is 663. The molecule has 1 aliphatic rings. The summed E-state index contributed by atoms with van der Waals surface area (Å²) in [4.78, 5) is 24.4. The molecule has 1 aromatic rings. The lowest BCUT2D eigenvalue weighted by atomic mass is 9.81. The molecular weight excluding hydrogens is 333 g/mol. The van der Waals surface area contributed by atoms with Crippen molar-refractivity contribution in [1.29, 1.82) is 0 Å². The molecule has 2 rings (SSSR count). The van der Waals surface area contributed by atoms with Crippen LogP contribution in [0, 0.1) is 29.3 Å². The Morgan fingerprint density at radius 1 is 0.920 bits per heavy atom. The predicted octanol–water partition coefficient (Wildman–Crippen LogP) is 3.76. The topological polar surface area (TPSA) is 58.2 Å². The van der Waals surface area contributed by atoms with Crippen LogP contribution in [0.15, 0.2) is 12.1 Å². The Morgan fingerprint density at radius 3 is 1.96 bits per heavy atom. The van der Waals surface area contributed by atoms with Gasteiger partial charge in [-0.2, -0.15) is 0 Å². The number of carbonyl (C=O) groups is 2. The van der Waals surface area contributed by atoms with Crippen LogP contribution in [0.1, 0.15) is 46.5 Å². The lowest BCUT2D eigenvalue weighted by Gasteiger charge is -2.30. The van der Waals surface area contributed by atoms with Crippen molar-refractivity contribution in [3.8, 4) is 0 Å². The summed E-state index contributed by atoms with van der Waals surface area (Å²) in [5.74, 6) is -5.33. The standard InChI is InChI=1S/C18H23F3N2O2/c1-18(2,3)23-17(25)11-6-4-10(5-7-11)16(24)22-13-9-8-12(19)14(20)15(13)21/h8-11H,4-7H2,1-3H3,(H,22,24)(H,23,25). The molecule has 4 nitrogen and oxygen atoms in total. The van der Waals surface area contributed by atoms with Gasteiger partial charge in [-0.1, -0.05) is 0 Å². The van der Waals surface area contributed by atoms with E-state index in [4.69, 9.17) is 0 Å². The van der Waals surface area contributed by atoms with Crippen molar-refractivity contribution < 1.29 is 22.8 Å². The molecule has 0 saturated heterocycles. The van der Waals surface area contributed by atoms with Crippen LogP contribution >= 0.6 is 0 Å². The molecule has 1 aliphatic carbocycles. The van der Waals surface area contributed by atoms with Crippen LogP contribution in [-0.4, -0.2) is 17.4 Å². The van der Waals surface area contributed by atoms with Crippen molar-refractivity contribution in [2.45, 2.75) is 52.0 Å². The van der Waals surface area contributed by atoms with Crippen molar-refractivity contribution in [3.05, 3.63) is 29.6 Å². The number of rotatable bonds is 3. The highest BCUT2D eigenvalue weighted by Gasteiger charge is 2.31. The van der Waals surface area contributed by atoms with E-state index in [0.717, 1.165) is 12.1 Å². The lowest BCUT2D eigenvalue weighted by molar-refractivity contribution is -0.129. The molecular formula is C18H23F3N2O2. The Kier molecular flexibility index (Phi) is 5.75. The number of nitrogens with one attached hydrogen (secondary N) is 2. The van der Waals surface area contributed by atoms with Crippen LogP contribution in [0.3, 0.4) is 0 Å². The number of amides is 2. The van der Waals surface area contributed by atoms with Gasteiger partial charge < -0.3 is 10.6 Å². The zero-order chi connectivity index (χ0) is 18.8. The number of anilines is 1. The highest BCUT2D eigenvalue weighted by Crippen LogP contribution is 2.31. The Hall–Kier alpha value is -2.05. The summed E-state index contributed by atoms with van der Waals surface area (Å²) in [6, 6.07) is 1.76. The van der Waals surface area contributed by atoms with Crippen LogP contribution in [0.2, 0.25) is 0 Å². The van der Waals surface area contributed by atoms with Gasteiger partial charge in [0.05, 0.1) is 5.69 Å². The number of hydrogen-bond donors (Lipinski definition) is 2. The molecule has 1 fully saturated rings. The summed E-state index contributed by atoms with van der Waals surface area (Å²) in [7, 11) is 0. The summed E-state index contributed by atoms with van der Waals surface area (Å²) in [6.07, 6.45) is 2.08. The highest BCUT2D eigenvalue weighted by atomic mass is 19.2. The van der Waals surface area contributed by atoms with Crippen LogP contribution in [0.25, 0.3) is 0 Å². The van der Waals surface area contributed by atoms with Crippen molar-refractivity contribution in [2.24, 2.45) is 11.8 Å². The first-order valence-electron chi connectivity index (χ1n) is 8.35. The third-order valence-corrected chi connectivity index (χ3v) is 4.26. The molecule has 2 amide bonds. The summed E-state index contributed by atoms with van der Waals surface area (Å²) in [6.45, 7) is 5.71. The zero-order valence-electron chi connectivity index (χ0n) is 14.6. The third-order valence-electron chi connectivity index (χ3n) is 4.26. The van der Waals surface area contributed by atoms with E-state index >= 15 is 0 Å². The van der Waals surface area contributed by atoms with Crippen molar-refractivity contribution in [2.75, 3.05) is 5.32 Å². The van der Waals surface area contributed by atoms with E-state index in [9.17, 15) is 22.8 Å². The second kappa shape index (κ2) is 7.45. The fourth-order valence-corrected chi connectivity index (χ4v) is 2.95. The van der Waals surface area contributed by atoms with Gasteiger partial charge in [0.2, 0.25) is 11.8 Å². The zero-order valence-corrected chi connectivity index (χ0v) is 14.6. The maximum Gasteiger partial charge on any atom is 0.227 e. The highest BCUT2D eigenvalue weighted by molar-refractivity contribution is 5.93. The minimum absolute atomic E-state index is 0.0296. The van der Waals surface area contributed by atoms with Crippen LogP contribution in [0.5, 0.6) is 0 Å². The van der Waals surface area contributed by atoms with E-state index in [1.54, 1.807) is 0 Å². The number of benzene rings is 1. The summed E-state index contributed by atoms with van der Waals surface area (Å²) in [5.41, 5.74) is -0.688. The predicted molar refractivity (Wildman–Crippen MR) is 88.3 cm³/mol. The molecule has 0 spiro atoms. The molecule has 1 saturated carbocycles. The van der Waals surface area contributed by atoms with Crippen molar-refractivity contribution in [3.63, 3.8) is 0 Å². The Balaban J connectivity index is 1.92. The summed E-state index contributed by atoms with van der Waals surface area (Å²) in [5, 5.41) is 5.23. The van der Waals surface area contributed by atoms with Crippen LogP contribution in [-0.2, 0) is 9.59 Å². The van der Waals surface area contributed by atoms with Gasteiger partial charge in [-0.25, -0.2) is 13.2 Å². The first kappa shape index (κ1) is 19.3. The Morgan fingerprint density at radius 2 is 1.44 bits per heavy atom. The molecule has 0 aliphatic heterocycles. The van der Waals surface area contributed by atoms with Gasteiger partial charge in [0, 0.05) is 17.4 Å². The SMILES string of the molecule is CC(C)(C)NC(=O)C1CCC(C(=O)Nc2ccc(F)c(F)c2F)CC1. The average molecular weight is 356 g/mol.